The second-order valence-corrected chi connectivity index (χ2v) is 5.91. The molecular formula is C13H26N2O. The van der Waals surface area contributed by atoms with Gasteiger partial charge in [-0.25, -0.2) is 0 Å². The molecule has 1 aliphatic carbocycles. The Kier molecular flexibility index (Phi) is 3.57. The highest BCUT2D eigenvalue weighted by Crippen LogP contribution is 2.46. The molecule has 0 aromatic carbocycles. The van der Waals surface area contributed by atoms with E-state index in [1.165, 1.54) is 25.8 Å². The van der Waals surface area contributed by atoms with Gasteiger partial charge in [0.15, 0.2) is 0 Å². The van der Waals surface area contributed by atoms with Gasteiger partial charge in [0, 0.05) is 30.7 Å². The zero-order valence-electron chi connectivity index (χ0n) is 10.9. The van der Waals surface area contributed by atoms with Gasteiger partial charge in [0.25, 0.3) is 0 Å². The molecule has 2 N–H and O–H groups in total. The average Bonchev–Trinajstić information content (AvgIpc) is 2.23. The van der Waals surface area contributed by atoms with E-state index in [1.54, 1.807) is 0 Å². The number of ether oxygens (including phenoxy) is 1. The minimum Gasteiger partial charge on any atom is -0.378 e. The summed E-state index contributed by atoms with van der Waals surface area (Å²) < 4.78 is 5.78. The quantitative estimate of drug-likeness (QED) is 0.794. The topological polar surface area (TPSA) is 38.5 Å². The molecule has 0 radical (unpaired) electrons. The summed E-state index contributed by atoms with van der Waals surface area (Å²) in [6.45, 7) is 9.89. The minimum atomic E-state index is 0.299. The van der Waals surface area contributed by atoms with Crippen LogP contribution in [0.25, 0.3) is 0 Å². The molecule has 0 aromatic heterocycles. The second kappa shape index (κ2) is 4.63. The molecule has 0 bridgehead atoms. The van der Waals surface area contributed by atoms with E-state index >= 15 is 0 Å². The van der Waals surface area contributed by atoms with E-state index in [0.717, 1.165) is 13.2 Å². The van der Waals surface area contributed by atoms with Crippen LogP contribution in [-0.2, 0) is 4.74 Å². The summed E-state index contributed by atoms with van der Waals surface area (Å²) in [5.74, 6) is 0. The molecule has 1 saturated carbocycles. The summed E-state index contributed by atoms with van der Waals surface area (Å²) in [6, 6.07) is 1.06. The highest BCUT2D eigenvalue weighted by atomic mass is 16.5. The number of piperidine rings is 1. The van der Waals surface area contributed by atoms with Crippen molar-refractivity contribution < 1.29 is 4.74 Å². The highest BCUT2D eigenvalue weighted by Gasteiger charge is 2.51. The molecule has 1 saturated heterocycles. The lowest BCUT2D eigenvalue weighted by Crippen LogP contribution is -2.64. The van der Waals surface area contributed by atoms with Gasteiger partial charge < -0.3 is 10.5 Å². The zero-order valence-corrected chi connectivity index (χ0v) is 10.9. The fraction of sp³-hybridized carbons (Fsp3) is 1.00. The standard InChI is InChI=1S/C13H26N2O/c1-4-16-12-8-11(13(12,2)3)15-7-5-6-10(14)9-15/h10-12H,4-9,14H2,1-3H3. The predicted molar refractivity (Wildman–Crippen MR) is 66.4 cm³/mol. The van der Waals surface area contributed by atoms with Crippen LogP contribution < -0.4 is 5.73 Å². The zero-order chi connectivity index (χ0) is 11.8. The van der Waals surface area contributed by atoms with Crippen molar-refractivity contribution in [1.29, 1.82) is 0 Å². The molecule has 94 valence electrons. The van der Waals surface area contributed by atoms with Crippen molar-refractivity contribution in [2.24, 2.45) is 11.1 Å². The summed E-state index contributed by atoms with van der Waals surface area (Å²) in [5, 5.41) is 0. The summed E-state index contributed by atoms with van der Waals surface area (Å²) in [7, 11) is 0. The van der Waals surface area contributed by atoms with Crippen LogP contribution >= 0.6 is 0 Å². The lowest BCUT2D eigenvalue weighted by molar-refractivity contribution is -0.153. The molecule has 16 heavy (non-hydrogen) atoms. The average molecular weight is 226 g/mol. The summed E-state index contributed by atoms with van der Waals surface area (Å²) in [4.78, 5) is 2.59. The molecule has 0 spiro atoms. The molecule has 0 aromatic rings. The Balaban J connectivity index is 1.92. The second-order valence-electron chi connectivity index (χ2n) is 5.91. The van der Waals surface area contributed by atoms with Gasteiger partial charge in [-0.05, 0) is 32.7 Å². The largest absolute Gasteiger partial charge is 0.378 e. The van der Waals surface area contributed by atoms with Gasteiger partial charge >= 0.3 is 0 Å². The van der Waals surface area contributed by atoms with Gasteiger partial charge in [-0.1, -0.05) is 13.8 Å². The fourth-order valence-corrected chi connectivity index (χ4v) is 3.29. The number of hydrogen-bond donors (Lipinski definition) is 1. The molecule has 3 unspecified atom stereocenters. The molecule has 3 nitrogen and oxygen atoms in total. The fourth-order valence-electron chi connectivity index (χ4n) is 3.29. The van der Waals surface area contributed by atoms with E-state index in [9.17, 15) is 0 Å². The van der Waals surface area contributed by atoms with Crippen molar-refractivity contribution in [2.75, 3.05) is 19.7 Å². The maximum Gasteiger partial charge on any atom is 0.0655 e. The number of nitrogens with zero attached hydrogens (tertiary/aromatic N) is 1. The number of nitrogens with two attached hydrogens (primary N) is 1. The lowest BCUT2D eigenvalue weighted by atomic mass is 9.63. The molecule has 1 aliphatic heterocycles. The molecule has 2 fully saturated rings. The van der Waals surface area contributed by atoms with Crippen LogP contribution in [0.1, 0.15) is 40.0 Å². The molecule has 2 rings (SSSR count). The Morgan fingerprint density at radius 1 is 1.44 bits per heavy atom. The van der Waals surface area contributed by atoms with Gasteiger partial charge in [-0.2, -0.15) is 0 Å². The molecule has 3 heteroatoms. The minimum absolute atomic E-state index is 0.299. The third kappa shape index (κ3) is 2.13. The van der Waals surface area contributed by atoms with E-state index in [2.05, 4.69) is 25.7 Å². The van der Waals surface area contributed by atoms with Gasteiger partial charge in [-0.15, -0.1) is 0 Å². The van der Waals surface area contributed by atoms with Crippen LogP contribution in [0.2, 0.25) is 0 Å². The van der Waals surface area contributed by atoms with Gasteiger partial charge in [0.2, 0.25) is 0 Å². The van der Waals surface area contributed by atoms with Crippen LogP contribution in [0.5, 0.6) is 0 Å². The lowest BCUT2D eigenvalue weighted by Gasteiger charge is -2.57. The summed E-state index contributed by atoms with van der Waals surface area (Å²) in [5.41, 5.74) is 6.35. The SMILES string of the molecule is CCOC1CC(N2CCCC(N)C2)C1(C)C. The third-order valence-corrected chi connectivity index (χ3v) is 4.42. The van der Waals surface area contributed by atoms with Crippen LogP contribution in [0.3, 0.4) is 0 Å². The van der Waals surface area contributed by atoms with Gasteiger partial charge in [0.05, 0.1) is 6.10 Å². The Morgan fingerprint density at radius 3 is 2.75 bits per heavy atom. The smallest absolute Gasteiger partial charge is 0.0655 e. The third-order valence-electron chi connectivity index (χ3n) is 4.42. The molecular weight excluding hydrogens is 200 g/mol. The van der Waals surface area contributed by atoms with Crippen LogP contribution in [0, 0.1) is 5.41 Å². The molecule has 1 heterocycles. The van der Waals surface area contributed by atoms with E-state index in [0.29, 0.717) is 23.6 Å². The van der Waals surface area contributed by atoms with Crippen molar-refractivity contribution in [2.45, 2.75) is 58.2 Å². The first kappa shape index (κ1) is 12.3. The van der Waals surface area contributed by atoms with E-state index in [-0.39, 0.29) is 0 Å². The van der Waals surface area contributed by atoms with E-state index in [4.69, 9.17) is 10.5 Å². The van der Waals surface area contributed by atoms with Crippen molar-refractivity contribution in [3.8, 4) is 0 Å². The molecule has 0 amide bonds. The van der Waals surface area contributed by atoms with Crippen LogP contribution in [0.15, 0.2) is 0 Å². The Labute approximate surface area is 99.3 Å². The number of hydrogen-bond acceptors (Lipinski definition) is 3. The Bertz CT molecular complexity index is 242. The maximum atomic E-state index is 6.05. The Hall–Kier alpha value is -0.120. The van der Waals surface area contributed by atoms with Crippen molar-refractivity contribution in [3.05, 3.63) is 0 Å². The van der Waals surface area contributed by atoms with Crippen molar-refractivity contribution in [3.63, 3.8) is 0 Å². The summed E-state index contributed by atoms with van der Waals surface area (Å²) >= 11 is 0. The first-order valence-electron chi connectivity index (χ1n) is 6.67. The first-order valence-corrected chi connectivity index (χ1v) is 6.67. The van der Waals surface area contributed by atoms with E-state index < -0.39 is 0 Å². The highest BCUT2D eigenvalue weighted by molar-refractivity contribution is 5.04. The molecule has 2 aliphatic rings. The monoisotopic (exact) mass is 226 g/mol. The van der Waals surface area contributed by atoms with E-state index in [1.807, 2.05) is 0 Å². The summed E-state index contributed by atoms with van der Waals surface area (Å²) in [6.07, 6.45) is 4.08. The Morgan fingerprint density at radius 2 is 2.19 bits per heavy atom. The van der Waals surface area contributed by atoms with Crippen molar-refractivity contribution in [1.82, 2.24) is 4.90 Å². The first-order chi connectivity index (χ1) is 7.55. The predicted octanol–water partition coefficient (Wildman–Crippen LogP) is 1.61. The van der Waals surface area contributed by atoms with Crippen LogP contribution in [-0.4, -0.2) is 42.8 Å². The van der Waals surface area contributed by atoms with Crippen LogP contribution in [0.4, 0.5) is 0 Å². The van der Waals surface area contributed by atoms with Gasteiger partial charge in [-0.3, -0.25) is 4.90 Å². The normalized spacial score (nSPS) is 39.4. The van der Waals surface area contributed by atoms with Gasteiger partial charge in [0.1, 0.15) is 0 Å². The maximum absolute atomic E-state index is 6.05. The number of likely N-dealkylation sites (tertiary alicyclic amines) is 1. The number of rotatable bonds is 3. The molecule has 3 atom stereocenters. The van der Waals surface area contributed by atoms with Crippen molar-refractivity contribution >= 4 is 0 Å².